The molecule has 1 amide bonds. The Morgan fingerprint density at radius 1 is 1.14 bits per heavy atom. The van der Waals surface area contributed by atoms with Gasteiger partial charge in [0, 0.05) is 51.7 Å². The molecule has 6 heteroatoms. The monoisotopic (exact) mass is 389 g/mol. The molecule has 6 nitrogen and oxygen atoms in total. The van der Waals surface area contributed by atoms with E-state index in [0.29, 0.717) is 11.8 Å². The van der Waals surface area contributed by atoms with E-state index in [1.165, 1.54) is 32.1 Å². The average Bonchev–Trinajstić information content (AvgIpc) is 2.68. The van der Waals surface area contributed by atoms with E-state index in [0.717, 1.165) is 77.6 Å². The Morgan fingerprint density at radius 3 is 2.61 bits per heavy atom. The zero-order valence-electron chi connectivity index (χ0n) is 17.7. The summed E-state index contributed by atoms with van der Waals surface area (Å²) in [4.78, 5) is 21.6. The Morgan fingerprint density at radius 2 is 1.96 bits per heavy atom. The first-order valence-corrected chi connectivity index (χ1v) is 11.5. The van der Waals surface area contributed by atoms with Gasteiger partial charge in [0.15, 0.2) is 5.96 Å². The van der Waals surface area contributed by atoms with E-state index in [9.17, 15) is 4.79 Å². The van der Waals surface area contributed by atoms with Crippen LogP contribution in [0.1, 0.15) is 58.3 Å². The summed E-state index contributed by atoms with van der Waals surface area (Å²) >= 11 is 0. The first-order chi connectivity index (χ1) is 13.8. The fourth-order valence-corrected chi connectivity index (χ4v) is 4.22. The van der Waals surface area contributed by atoms with Crippen molar-refractivity contribution in [2.75, 3.05) is 52.4 Å². The molecule has 3 aliphatic rings. The molecule has 28 heavy (non-hydrogen) atoms. The number of nitrogens with one attached hydrogen (secondary N) is 2. The van der Waals surface area contributed by atoms with Crippen molar-refractivity contribution in [3.63, 3.8) is 0 Å². The van der Waals surface area contributed by atoms with E-state index >= 15 is 0 Å². The van der Waals surface area contributed by atoms with Crippen LogP contribution >= 0.6 is 0 Å². The second-order valence-corrected chi connectivity index (χ2v) is 8.34. The van der Waals surface area contributed by atoms with Crippen molar-refractivity contribution in [2.24, 2.45) is 10.9 Å². The third kappa shape index (κ3) is 6.50. The molecular formula is C22H39N5O. The summed E-state index contributed by atoms with van der Waals surface area (Å²) in [5.74, 6) is 1.66. The van der Waals surface area contributed by atoms with Crippen LogP contribution in [0.3, 0.4) is 0 Å². The minimum atomic E-state index is 0.328. The third-order valence-electron chi connectivity index (χ3n) is 6.29. The molecule has 0 spiro atoms. The SMILES string of the molecule is CCNC(=NCCN1CCN(C(=O)C2CCC2)CC1)NCCC1=CCCCC1. The first-order valence-electron chi connectivity index (χ1n) is 11.5. The minimum Gasteiger partial charge on any atom is -0.357 e. The first kappa shape index (κ1) is 21.2. The van der Waals surface area contributed by atoms with Crippen molar-refractivity contribution in [2.45, 2.75) is 58.3 Å². The fourth-order valence-electron chi connectivity index (χ4n) is 4.22. The van der Waals surface area contributed by atoms with Gasteiger partial charge in [-0.2, -0.15) is 0 Å². The summed E-state index contributed by atoms with van der Waals surface area (Å²) in [7, 11) is 0. The number of rotatable bonds is 8. The average molecular weight is 390 g/mol. The number of carbonyl (C=O) groups excluding carboxylic acids is 1. The molecule has 158 valence electrons. The Labute approximate surface area is 170 Å². The summed E-state index contributed by atoms with van der Waals surface area (Å²) in [5, 5.41) is 6.83. The van der Waals surface area contributed by atoms with Gasteiger partial charge in [-0.3, -0.25) is 14.7 Å². The number of piperazine rings is 1. The summed E-state index contributed by atoms with van der Waals surface area (Å²) in [5.41, 5.74) is 1.60. The number of carbonyl (C=O) groups is 1. The van der Waals surface area contributed by atoms with Gasteiger partial charge >= 0.3 is 0 Å². The number of hydrogen-bond donors (Lipinski definition) is 2. The largest absolute Gasteiger partial charge is 0.357 e. The van der Waals surface area contributed by atoms with Gasteiger partial charge in [-0.25, -0.2) is 0 Å². The summed E-state index contributed by atoms with van der Waals surface area (Å²) in [6, 6.07) is 0. The van der Waals surface area contributed by atoms with Crippen molar-refractivity contribution in [1.82, 2.24) is 20.4 Å². The molecule has 0 radical (unpaired) electrons. The van der Waals surface area contributed by atoms with Gasteiger partial charge in [0.2, 0.25) is 5.91 Å². The lowest BCUT2D eigenvalue weighted by molar-refractivity contribution is -0.139. The van der Waals surface area contributed by atoms with Crippen molar-refractivity contribution in [1.29, 1.82) is 0 Å². The van der Waals surface area contributed by atoms with Crippen LogP contribution < -0.4 is 10.6 Å². The van der Waals surface area contributed by atoms with Gasteiger partial charge in [-0.05, 0) is 51.9 Å². The Hall–Kier alpha value is -1.56. The Balaban J connectivity index is 1.33. The quantitative estimate of drug-likeness (QED) is 0.380. The van der Waals surface area contributed by atoms with Gasteiger partial charge < -0.3 is 15.5 Å². The highest BCUT2D eigenvalue weighted by Gasteiger charge is 2.30. The Kier molecular flexibility index (Phi) is 8.65. The molecule has 0 bridgehead atoms. The lowest BCUT2D eigenvalue weighted by Gasteiger charge is -2.38. The highest BCUT2D eigenvalue weighted by atomic mass is 16.2. The van der Waals surface area contributed by atoms with E-state index in [2.05, 4.69) is 33.4 Å². The number of guanidine groups is 1. The number of nitrogens with zero attached hydrogens (tertiary/aromatic N) is 3. The topological polar surface area (TPSA) is 60.0 Å². The maximum Gasteiger partial charge on any atom is 0.225 e. The van der Waals surface area contributed by atoms with Crippen LogP contribution in [0, 0.1) is 5.92 Å². The van der Waals surface area contributed by atoms with E-state index in [-0.39, 0.29) is 0 Å². The van der Waals surface area contributed by atoms with Gasteiger partial charge in [-0.15, -0.1) is 0 Å². The van der Waals surface area contributed by atoms with Crippen LogP contribution in [0.2, 0.25) is 0 Å². The normalized spacial score (nSPS) is 21.8. The molecule has 2 aliphatic carbocycles. The van der Waals surface area contributed by atoms with Crippen LogP contribution in [0.25, 0.3) is 0 Å². The molecule has 1 saturated carbocycles. The summed E-state index contributed by atoms with van der Waals surface area (Å²) in [6.07, 6.45) is 12.2. The van der Waals surface area contributed by atoms with E-state index < -0.39 is 0 Å². The van der Waals surface area contributed by atoms with Crippen LogP contribution in [0.15, 0.2) is 16.6 Å². The smallest absolute Gasteiger partial charge is 0.225 e. The number of hydrogen-bond acceptors (Lipinski definition) is 3. The standard InChI is InChI=1S/C22H39N5O/c1-2-23-22(24-12-11-19-7-4-3-5-8-19)25-13-14-26-15-17-27(18-16-26)21(28)20-9-6-10-20/h7,20H,2-6,8-18H2,1H3,(H2,23,24,25). The van der Waals surface area contributed by atoms with Gasteiger partial charge in [0.05, 0.1) is 6.54 Å². The molecule has 0 unspecified atom stereocenters. The third-order valence-corrected chi connectivity index (χ3v) is 6.29. The molecular weight excluding hydrogens is 350 g/mol. The molecule has 1 aliphatic heterocycles. The zero-order valence-corrected chi connectivity index (χ0v) is 17.7. The maximum atomic E-state index is 12.3. The van der Waals surface area contributed by atoms with Crippen LogP contribution in [-0.4, -0.2) is 74.0 Å². The van der Waals surface area contributed by atoms with Crippen molar-refractivity contribution >= 4 is 11.9 Å². The molecule has 2 fully saturated rings. The van der Waals surface area contributed by atoms with Gasteiger partial charge in [0.1, 0.15) is 0 Å². The molecule has 0 aromatic carbocycles. The molecule has 1 heterocycles. The number of allylic oxidation sites excluding steroid dienone is 1. The second kappa shape index (κ2) is 11.4. The molecule has 0 aromatic heterocycles. The molecule has 3 rings (SSSR count). The van der Waals surface area contributed by atoms with E-state index in [1.54, 1.807) is 5.57 Å². The lowest BCUT2D eigenvalue weighted by Crippen LogP contribution is -2.51. The highest BCUT2D eigenvalue weighted by molar-refractivity contribution is 5.80. The maximum absolute atomic E-state index is 12.3. The van der Waals surface area contributed by atoms with Crippen molar-refractivity contribution in [3.05, 3.63) is 11.6 Å². The highest BCUT2D eigenvalue weighted by Crippen LogP contribution is 2.28. The predicted octanol–water partition coefficient (Wildman–Crippen LogP) is 2.38. The van der Waals surface area contributed by atoms with Gasteiger partial charge in [-0.1, -0.05) is 18.1 Å². The molecule has 0 aromatic rings. The molecule has 0 atom stereocenters. The van der Waals surface area contributed by atoms with Crippen LogP contribution in [0.4, 0.5) is 0 Å². The number of amides is 1. The summed E-state index contributed by atoms with van der Waals surface area (Å²) in [6.45, 7) is 9.44. The Bertz CT molecular complexity index is 547. The fraction of sp³-hybridized carbons (Fsp3) is 0.818. The van der Waals surface area contributed by atoms with E-state index in [1.807, 2.05) is 0 Å². The van der Waals surface area contributed by atoms with Crippen LogP contribution in [-0.2, 0) is 4.79 Å². The lowest BCUT2D eigenvalue weighted by atomic mass is 9.84. The second-order valence-electron chi connectivity index (χ2n) is 8.34. The molecule has 2 N–H and O–H groups in total. The van der Waals surface area contributed by atoms with Gasteiger partial charge in [0.25, 0.3) is 0 Å². The number of aliphatic imine (C=N–C) groups is 1. The molecule has 1 saturated heterocycles. The zero-order chi connectivity index (χ0) is 19.6. The van der Waals surface area contributed by atoms with Crippen LogP contribution in [0.5, 0.6) is 0 Å². The van der Waals surface area contributed by atoms with Crippen molar-refractivity contribution < 1.29 is 4.79 Å². The summed E-state index contributed by atoms with van der Waals surface area (Å²) < 4.78 is 0. The predicted molar refractivity (Wildman–Crippen MR) is 116 cm³/mol. The minimum absolute atomic E-state index is 0.328. The van der Waals surface area contributed by atoms with E-state index in [4.69, 9.17) is 4.99 Å². The van der Waals surface area contributed by atoms with Crippen molar-refractivity contribution in [3.8, 4) is 0 Å².